The SMILES string of the molecule is COc1ccc(-c2nc(SCC(=O)N3CCC[C@H]3c3ccc4c(c3)OCCO4)n[nH]2)cc1. The molecule has 1 fully saturated rings. The van der Waals surface area contributed by atoms with Crippen LogP contribution in [0.25, 0.3) is 11.4 Å². The molecule has 1 saturated heterocycles. The van der Waals surface area contributed by atoms with E-state index in [0.717, 1.165) is 47.8 Å². The van der Waals surface area contributed by atoms with E-state index in [2.05, 4.69) is 15.2 Å². The van der Waals surface area contributed by atoms with Gasteiger partial charge in [-0.1, -0.05) is 17.8 Å². The fraction of sp³-hybridized carbons (Fsp3) is 0.348. The van der Waals surface area contributed by atoms with Crippen molar-refractivity contribution in [3.8, 4) is 28.6 Å². The molecule has 3 aromatic rings. The molecule has 0 radical (unpaired) electrons. The predicted octanol–water partition coefficient (Wildman–Crippen LogP) is 3.71. The second-order valence-corrected chi connectivity index (χ2v) is 8.57. The molecule has 8 nitrogen and oxygen atoms in total. The molecule has 0 aliphatic carbocycles. The summed E-state index contributed by atoms with van der Waals surface area (Å²) in [5, 5.41) is 7.75. The molecule has 1 amide bonds. The van der Waals surface area contributed by atoms with E-state index >= 15 is 0 Å². The van der Waals surface area contributed by atoms with E-state index < -0.39 is 0 Å². The molecular weight excluding hydrogens is 428 g/mol. The van der Waals surface area contributed by atoms with Crippen molar-refractivity contribution < 1.29 is 19.0 Å². The summed E-state index contributed by atoms with van der Waals surface area (Å²) in [6.45, 7) is 1.87. The third-order valence-corrected chi connectivity index (χ3v) is 6.51. The maximum absolute atomic E-state index is 13.0. The second kappa shape index (κ2) is 9.12. The van der Waals surface area contributed by atoms with E-state index in [4.69, 9.17) is 14.2 Å². The monoisotopic (exact) mass is 452 g/mol. The molecule has 0 unspecified atom stereocenters. The van der Waals surface area contributed by atoms with E-state index in [0.29, 0.717) is 29.9 Å². The Morgan fingerprint density at radius 1 is 1.19 bits per heavy atom. The maximum Gasteiger partial charge on any atom is 0.233 e. The smallest absolute Gasteiger partial charge is 0.233 e. The lowest BCUT2D eigenvalue weighted by molar-refractivity contribution is -0.129. The Hall–Kier alpha value is -3.20. The molecule has 1 aromatic heterocycles. The largest absolute Gasteiger partial charge is 0.497 e. The highest BCUT2D eigenvalue weighted by Crippen LogP contribution is 2.38. The summed E-state index contributed by atoms with van der Waals surface area (Å²) < 4.78 is 16.5. The number of thioether (sulfide) groups is 1. The molecule has 1 N–H and O–H groups in total. The molecule has 0 bridgehead atoms. The van der Waals surface area contributed by atoms with Gasteiger partial charge in [-0.05, 0) is 54.8 Å². The van der Waals surface area contributed by atoms with Gasteiger partial charge in [0, 0.05) is 12.1 Å². The molecule has 0 spiro atoms. The van der Waals surface area contributed by atoms with Gasteiger partial charge in [0.2, 0.25) is 11.1 Å². The average molecular weight is 453 g/mol. The van der Waals surface area contributed by atoms with Gasteiger partial charge in [0.1, 0.15) is 19.0 Å². The summed E-state index contributed by atoms with van der Waals surface area (Å²) >= 11 is 1.34. The number of hydrogen-bond donors (Lipinski definition) is 1. The molecule has 1 atom stereocenters. The van der Waals surface area contributed by atoms with Crippen molar-refractivity contribution in [2.75, 3.05) is 32.6 Å². The number of benzene rings is 2. The number of amides is 1. The summed E-state index contributed by atoms with van der Waals surface area (Å²) in [6, 6.07) is 13.6. The normalized spacial score (nSPS) is 17.4. The van der Waals surface area contributed by atoms with E-state index in [1.165, 1.54) is 11.8 Å². The number of methoxy groups -OCH3 is 1. The van der Waals surface area contributed by atoms with Crippen LogP contribution in [0, 0.1) is 0 Å². The van der Waals surface area contributed by atoms with Crippen molar-refractivity contribution in [3.05, 3.63) is 48.0 Å². The van der Waals surface area contributed by atoms with Crippen LogP contribution in [0.4, 0.5) is 0 Å². The maximum atomic E-state index is 13.0. The van der Waals surface area contributed by atoms with Crippen LogP contribution in [-0.2, 0) is 4.79 Å². The molecule has 32 heavy (non-hydrogen) atoms. The van der Waals surface area contributed by atoms with Crippen LogP contribution >= 0.6 is 11.8 Å². The van der Waals surface area contributed by atoms with Crippen molar-refractivity contribution in [1.82, 2.24) is 20.1 Å². The Bertz CT molecular complexity index is 1100. The fourth-order valence-corrected chi connectivity index (χ4v) is 4.76. The lowest BCUT2D eigenvalue weighted by Crippen LogP contribution is -2.32. The number of carbonyl (C=O) groups is 1. The minimum absolute atomic E-state index is 0.0564. The summed E-state index contributed by atoms with van der Waals surface area (Å²) in [5.41, 5.74) is 2.00. The zero-order valence-electron chi connectivity index (χ0n) is 17.7. The first-order valence-corrected chi connectivity index (χ1v) is 11.6. The van der Waals surface area contributed by atoms with Crippen LogP contribution in [0.3, 0.4) is 0 Å². The highest BCUT2D eigenvalue weighted by molar-refractivity contribution is 7.99. The molecule has 0 saturated carbocycles. The lowest BCUT2D eigenvalue weighted by Gasteiger charge is -2.26. The van der Waals surface area contributed by atoms with E-state index in [1.807, 2.05) is 47.4 Å². The van der Waals surface area contributed by atoms with Crippen molar-refractivity contribution in [1.29, 1.82) is 0 Å². The number of aromatic amines is 1. The van der Waals surface area contributed by atoms with Gasteiger partial charge in [-0.15, -0.1) is 5.10 Å². The zero-order chi connectivity index (χ0) is 21.9. The third kappa shape index (κ3) is 4.25. The van der Waals surface area contributed by atoms with Crippen LogP contribution in [0.15, 0.2) is 47.6 Å². The molecule has 9 heteroatoms. The van der Waals surface area contributed by atoms with Gasteiger partial charge < -0.3 is 19.1 Å². The average Bonchev–Trinajstić information content (AvgIpc) is 3.52. The Morgan fingerprint density at radius 2 is 2.00 bits per heavy atom. The minimum Gasteiger partial charge on any atom is -0.497 e. The summed E-state index contributed by atoms with van der Waals surface area (Å²) in [4.78, 5) is 19.5. The second-order valence-electron chi connectivity index (χ2n) is 7.63. The first-order valence-electron chi connectivity index (χ1n) is 10.6. The van der Waals surface area contributed by atoms with Gasteiger partial charge >= 0.3 is 0 Å². The Balaban J connectivity index is 1.22. The van der Waals surface area contributed by atoms with Gasteiger partial charge in [0.05, 0.1) is 18.9 Å². The minimum atomic E-state index is 0.0564. The molecule has 2 aromatic carbocycles. The Kier molecular flexibility index (Phi) is 5.89. The molecule has 166 valence electrons. The molecule has 2 aliphatic heterocycles. The van der Waals surface area contributed by atoms with Gasteiger partial charge in [-0.2, -0.15) is 0 Å². The molecular formula is C23H24N4O4S. The van der Waals surface area contributed by atoms with Crippen molar-refractivity contribution in [3.63, 3.8) is 0 Å². The highest BCUT2D eigenvalue weighted by atomic mass is 32.2. The predicted molar refractivity (Wildman–Crippen MR) is 120 cm³/mol. The number of nitrogens with zero attached hydrogens (tertiary/aromatic N) is 3. The highest BCUT2D eigenvalue weighted by Gasteiger charge is 2.31. The molecule has 2 aliphatic rings. The number of hydrogen-bond acceptors (Lipinski definition) is 7. The van der Waals surface area contributed by atoms with Gasteiger partial charge in [-0.25, -0.2) is 4.98 Å². The number of ether oxygens (including phenoxy) is 3. The number of fused-ring (bicyclic) bond motifs is 1. The number of carbonyl (C=O) groups excluding carboxylic acids is 1. The van der Waals surface area contributed by atoms with Crippen molar-refractivity contribution in [2.24, 2.45) is 0 Å². The zero-order valence-corrected chi connectivity index (χ0v) is 18.6. The lowest BCUT2D eigenvalue weighted by atomic mass is 10.0. The van der Waals surface area contributed by atoms with E-state index in [-0.39, 0.29) is 11.9 Å². The standard InChI is InChI=1S/C23H24N4O4S/c1-29-17-7-4-15(5-8-17)22-24-23(26-25-22)32-14-21(28)27-10-2-3-18(27)16-6-9-19-20(13-16)31-12-11-30-19/h4-9,13,18H,2-3,10-12,14H2,1H3,(H,24,25,26)/t18-/m0/s1. The summed E-state index contributed by atoms with van der Waals surface area (Å²) in [7, 11) is 1.63. The number of likely N-dealkylation sites (tertiary alicyclic amines) is 1. The van der Waals surface area contributed by atoms with Crippen molar-refractivity contribution >= 4 is 17.7 Å². The van der Waals surface area contributed by atoms with Crippen LogP contribution in [0.2, 0.25) is 0 Å². The first kappa shape index (κ1) is 20.7. The fourth-order valence-electron chi connectivity index (χ4n) is 4.08. The molecule has 5 rings (SSSR count). The number of rotatable bonds is 6. The van der Waals surface area contributed by atoms with Crippen LogP contribution < -0.4 is 14.2 Å². The number of H-pyrrole nitrogens is 1. The van der Waals surface area contributed by atoms with Gasteiger partial charge in [-0.3, -0.25) is 9.89 Å². The van der Waals surface area contributed by atoms with Gasteiger partial charge in [0.25, 0.3) is 0 Å². The van der Waals surface area contributed by atoms with Crippen LogP contribution in [0.5, 0.6) is 17.2 Å². The quantitative estimate of drug-likeness (QED) is 0.570. The number of nitrogens with one attached hydrogen (secondary N) is 1. The molecule has 3 heterocycles. The Labute approximate surface area is 190 Å². The summed E-state index contributed by atoms with van der Waals surface area (Å²) in [5.74, 6) is 3.35. The van der Waals surface area contributed by atoms with Crippen LogP contribution in [-0.4, -0.2) is 58.6 Å². The first-order chi connectivity index (χ1) is 15.7. The van der Waals surface area contributed by atoms with Crippen LogP contribution in [0.1, 0.15) is 24.4 Å². The Morgan fingerprint density at radius 3 is 2.81 bits per heavy atom. The summed E-state index contributed by atoms with van der Waals surface area (Å²) in [6.07, 6.45) is 1.93. The third-order valence-electron chi connectivity index (χ3n) is 5.68. The van der Waals surface area contributed by atoms with E-state index in [1.54, 1.807) is 7.11 Å². The van der Waals surface area contributed by atoms with E-state index in [9.17, 15) is 4.79 Å². The number of aromatic nitrogens is 3. The van der Waals surface area contributed by atoms with Gasteiger partial charge in [0.15, 0.2) is 17.3 Å². The topological polar surface area (TPSA) is 89.6 Å². The van der Waals surface area contributed by atoms with Crippen molar-refractivity contribution in [2.45, 2.75) is 24.0 Å².